The second kappa shape index (κ2) is 4.66. The van der Waals surface area contributed by atoms with E-state index in [0.717, 1.165) is 10.5 Å². The van der Waals surface area contributed by atoms with E-state index in [1.807, 2.05) is 24.3 Å². The van der Waals surface area contributed by atoms with Gasteiger partial charge in [-0.15, -0.1) is 0 Å². The number of nitrogen functional groups attached to an aromatic ring is 1. The van der Waals surface area contributed by atoms with Crippen LogP contribution in [0.3, 0.4) is 0 Å². The van der Waals surface area contributed by atoms with Gasteiger partial charge in [0.1, 0.15) is 11.8 Å². The Kier molecular flexibility index (Phi) is 2.85. The van der Waals surface area contributed by atoms with E-state index >= 15 is 0 Å². The average Bonchev–Trinajstić information content (AvgIpc) is 2.82. The van der Waals surface area contributed by atoms with E-state index in [0.29, 0.717) is 22.9 Å². The zero-order chi connectivity index (χ0) is 12.4. The minimum Gasteiger partial charge on any atom is -0.440 e. The van der Waals surface area contributed by atoms with Crippen LogP contribution in [-0.4, -0.2) is 15.0 Å². The molecule has 0 fully saturated rings. The fourth-order valence-corrected chi connectivity index (χ4v) is 2.25. The molecule has 3 aromatic rings. The third-order valence-electron chi connectivity index (χ3n) is 2.39. The quantitative estimate of drug-likeness (QED) is 0.442. The standard InChI is InChI=1S/C12H10N4OS/c13-8-2-1-3-9-12(8)16-10(17-9)6-18-11-4-5-14-7-15-11/h1-5,7H,6,13H2. The van der Waals surface area contributed by atoms with Crippen LogP contribution >= 0.6 is 11.8 Å². The van der Waals surface area contributed by atoms with Crippen LogP contribution in [0.5, 0.6) is 0 Å². The maximum absolute atomic E-state index is 5.83. The summed E-state index contributed by atoms with van der Waals surface area (Å²) in [5.74, 6) is 1.26. The molecule has 2 heterocycles. The number of nitrogens with zero attached hydrogens (tertiary/aromatic N) is 3. The maximum Gasteiger partial charge on any atom is 0.205 e. The number of benzene rings is 1. The molecule has 2 aromatic heterocycles. The molecule has 0 aliphatic heterocycles. The van der Waals surface area contributed by atoms with Crippen molar-refractivity contribution in [3.63, 3.8) is 0 Å². The van der Waals surface area contributed by atoms with Gasteiger partial charge in [0.2, 0.25) is 5.89 Å². The predicted octanol–water partition coefficient (Wildman–Crippen LogP) is 2.49. The fraction of sp³-hybridized carbons (Fsp3) is 0.0833. The third-order valence-corrected chi connectivity index (χ3v) is 3.32. The van der Waals surface area contributed by atoms with Crippen molar-refractivity contribution < 1.29 is 4.42 Å². The number of thioether (sulfide) groups is 1. The van der Waals surface area contributed by atoms with Crippen molar-refractivity contribution in [1.82, 2.24) is 15.0 Å². The van der Waals surface area contributed by atoms with Crippen molar-refractivity contribution in [2.24, 2.45) is 0 Å². The minimum absolute atomic E-state index is 0.616. The third kappa shape index (κ3) is 2.14. The Hall–Kier alpha value is -2.08. The molecular formula is C12H10N4OS. The van der Waals surface area contributed by atoms with Crippen molar-refractivity contribution in [1.29, 1.82) is 0 Å². The molecule has 0 aliphatic rings. The van der Waals surface area contributed by atoms with Gasteiger partial charge in [0.15, 0.2) is 5.58 Å². The van der Waals surface area contributed by atoms with E-state index in [2.05, 4.69) is 15.0 Å². The van der Waals surface area contributed by atoms with Gasteiger partial charge in [0.25, 0.3) is 0 Å². The molecule has 0 amide bonds. The molecule has 5 nitrogen and oxygen atoms in total. The molecule has 0 radical (unpaired) electrons. The molecule has 90 valence electrons. The van der Waals surface area contributed by atoms with Gasteiger partial charge in [0, 0.05) is 6.20 Å². The molecular weight excluding hydrogens is 248 g/mol. The molecule has 2 N–H and O–H groups in total. The van der Waals surface area contributed by atoms with Crippen LogP contribution < -0.4 is 5.73 Å². The van der Waals surface area contributed by atoms with Gasteiger partial charge in [-0.2, -0.15) is 0 Å². The van der Waals surface area contributed by atoms with Crippen molar-refractivity contribution in [2.45, 2.75) is 10.8 Å². The molecule has 3 rings (SSSR count). The lowest BCUT2D eigenvalue weighted by Crippen LogP contribution is -1.86. The predicted molar refractivity (Wildman–Crippen MR) is 70.0 cm³/mol. The van der Waals surface area contributed by atoms with E-state index < -0.39 is 0 Å². The minimum atomic E-state index is 0.616. The summed E-state index contributed by atoms with van der Waals surface area (Å²) in [4.78, 5) is 12.4. The largest absolute Gasteiger partial charge is 0.440 e. The second-order valence-electron chi connectivity index (χ2n) is 3.64. The highest BCUT2D eigenvalue weighted by Gasteiger charge is 2.08. The molecule has 1 aromatic carbocycles. The van der Waals surface area contributed by atoms with Crippen LogP contribution in [0.1, 0.15) is 5.89 Å². The van der Waals surface area contributed by atoms with E-state index in [-0.39, 0.29) is 0 Å². The Morgan fingerprint density at radius 3 is 3.00 bits per heavy atom. The Morgan fingerprint density at radius 2 is 2.22 bits per heavy atom. The van der Waals surface area contributed by atoms with E-state index in [1.54, 1.807) is 18.0 Å². The first-order valence-corrected chi connectivity index (χ1v) is 6.34. The van der Waals surface area contributed by atoms with Crippen LogP contribution in [0, 0.1) is 0 Å². The first-order chi connectivity index (χ1) is 8.83. The van der Waals surface area contributed by atoms with Crippen LogP contribution in [0.4, 0.5) is 5.69 Å². The highest BCUT2D eigenvalue weighted by molar-refractivity contribution is 7.98. The number of fused-ring (bicyclic) bond motifs is 1. The van der Waals surface area contributed by atoms with Crippen molar-refractivity contribution in [3.8, 4) is 0 Å². The summed E-state index contributed by atoms with van der Waals surface area (Å²) < 4.78 is 5.62. The van der Waals surface area contributed by atoms with Crippen LogP contribution in [-0.2, 0) is 5.75 Å². The molecule has 0 saturated carbocycles. The Morgan fingerprint density at radius 1 is 1.28 bits per heavy atom. The molecule has 0 saturated heterocycles. The van der Waals surface area contributed by atoms with Gasteiger partial charge >= 0.3 is 0 Å². The summed E-state index contributed by atoms with van der Waals surface area (Å²) in [5, 5.41) is 0.889. The molecule has 6 heteroatoms. The van der Waals surface area contributed by atoms with Crippen LogP contribution in [0.25, 0.3) is 11.1 Å². The smallest absolute Gasteiger partial charge is 0.205 e. The topological polar surface area (TPSA) is 77.8 Å². The number of oxazole rings is 1. The molecule has 0 spiro atoms. The van der Waals surface area contributed by atoms with Crippen LogP contribution in [0.15, 0.2) is 46.2 Å². The summed E-state index contributed by atoms with van der Waals surface area (Å²) in [6, 6.07) is 7.37. The van der Waals surface area contributed by atoms with Gasteiger partial charge < -0.3 is 10.2 Å². The molecule has 0 unspecified atom stereocenters. The van der Waals surface area contributed by atoms with Gasteiger partial charge in [-0.1, -0.05) is 17.8 Å². The van der Waals surface area contributed by atoms with Crippen molar-refractivity contribution in [2.75, 3.05) is 5.73 Å². The summed E-state index contributed by atoms with van der Waals surface area (Å²) in [6.45, 7) is 0. The lowest BCUT2D eigenvalue weighted by Gasteiger charge is -1.95. The molecule has 0 bridgehead atoms. The van der Waals surface area contributed by atoms with Gasteiger partial charge in [0.05, 0.1) is 16.5 Å². The summed E-state index contributed by atoms with van der Waals surface area (Å²) >= 11 is 1.55. The summed E-state index contributed by atoms with van der Waals surface area (Å²) in [7, 11) is 0. The number of nitrogens with two attached hydrogens (primary N) is 1. The normalized spacial score (nSPS) is 10.9. The van der Waals surface area contributed by atoms with Gasteiger partial charge in [-0.25, -0.2) is 15.0 Å². The Labute approximate surface area is 107 Å². The summed E-state index contributed by atoms with van der Waals surface area (Å²) in [6.07, 6.45) is 3.23. The first-order valence-electron chi connectivity index (χ1n) is 5.35. The summed E-state index contributed by atoms with van der Waals surface area (Å²) in [5.41, 5.74) is 7.90. The number of rotatable bonds is 3. The zero-order valence-electron chi connectivity index (χ0n) is 9.41. The highest BCUT2D eigenvalue weighted by atomic mass is 32.2. The maximum atomic E-state index is 5.83. The number of para-hydroxylation sites is 1. The Balaban J connectivity index is 1.81. The first kappa shape index (κ1) is 11.0. The SMILES string of the molecule is Nc1cccc2oc(CSc3ccncn3)nc12. The molecule has 0 atom stereocenters. The van der Waals surface area contributed by atoms with E-state index in [4.69, 9.17) is 10.2 Å². The van der Waals surface area contributed by atoms with E-state index in [9.17, 15) is 0 Å². The molecule has 0 aliphatic carbocycles. The van der Waals surface area contributed by atoms with E-state index in [1.165, 1.54) is 6.33 Å². The number of hydrogen-bond acceptors (Lipinski definition) is 6. The lowest BCUT2D eigenvalue weighted by atomic mass is 10.3. The lowest BCUT2D eigenvalue weighted by molar-refractivity contribution is 0.556. The number of hydrogen-bond donors (Lipinski definition) is 1. The monoisotopic (exact) mass is 258 g/mol. The Bertz CT molecular complexity index is 668. The highest BCUT2D eigenvalue weighted by Crippen LogP contribution is 2.25. The van der Waals surface area contributed by atoms with Crippen molar-refractivity contribution >= 4 is 28.5 Å². The second-order valence-corrected chi connectivity index (χ2v) is 4.63. The number of aromatic nitrogens is 3. The number of anilines is 1. The van der Waals surface area contributed by atoms with Gasteiger partial charge in [-0.05, 0) is 18.2 Å². The average molecular weight is 258 g/mol. The van der Waals surface area contributed by atoms with Crippen molar-refractivity contribution in [3.05, 3.63) is 42.7 Å². The van der Waals surface area contributed by atoms with Crippen LogP contribution in [0.2, 0.25) is 0 Å². The fourth-order valence-electron chi connectivity index (χ4n) is 1.58. The van der Waals surface area contributed by atoms with Gasteiger partial charge in [-0.3, -0.25) is 0 Å². The zero-order valence-corrected chi connectivity index (χ0v) is 10.2. The molecule has 18 heavy (non-hydrogen) atoms.